The normalized spacial score (nSPS) is 10.3. The van der Waals surface area contributed by atoms with Gasteiger partial charge in [-0.1, -0.05) is 35.3 Å². The number of hydrogen-bond donors (Lipinski definition) is 1. The van der Waals surface area contributed by atoms with E-state index in [9.17, 15) is 0 Å². The highest BCUT2D eigenvalue weighted by Gasteiger charge is 2.12. The van der Waals surface area contributed by atoms with Gasteiger partial charge in [0.05, 0.1) is 12.1 Å². The third-order valence-corrected chi connectivity index (χ3v) is 4.15. The van der Waals surface area contributed by atoms with E-state index < -0.39 is 0 Å². The molecule has 0 heterocycles. The van der Waals surface area contributed by atoms with Gasteiger partial charge in [0.15, 0.2) is 11.5 Å². The SMILES string of the molecule is COCCCNCc1cc(Cl)c(OCc2ccc(Cl)cc2)c(OC)c1.Cl. The Morgan fingerprint density at radius 1 is 1.00 bits per heavy atom. The summed E-state index contributed by atoms with van der Waals surface area (Å²) in [5.74, 6) is 1.16. The van der Waals surface area contributed by atoms with Crippen molar-refractivity contribution in [1.82, 2.24) is 5.32 Å². The summed E-state index contributed by atoms with van der Waals surface area (Å²) in [6, 6.07) is 11.3. The molecule has 26 heavy (non-hydrogen) atoms. The van der Waals surface area contributed by atoms with Gasteiger partial charge in [0.2, 0.25) is 0 Å². The second-order valence-corrected chi connectivity index (χ2v) is 6.39. The highest BCUT2D eigenvalue weighted by atomic mass is 35.5. The lowest BCUT2D eigenvalue weighted by atomic mass is 10.2. The zero-order valence-electron chi connectivity index (χ0n) is 14.9. The van der Waals surface area contributed by atoms with E-state index in [-0.39, 0.29) is 12.4 Å². The van der Waals surface area contributed by atoms with Crippen LogP contribution in [0.15, 0.2) is 36.4 Å². The highest BCUT2D eigenvalue weighted by Crippen LogP contribution is 2.37. The van der Waals surface area contributed by atoms with E-state index >= 15 is 0 Å². The molecule has 0 radical (unpaired) electrons. The van der Waals surface area contributed by atoms with Crippen LogP contribution in [0.25, 0.3) is 0 Å². The molecule has 0 saturated carbocycles. The second-order valence-electron chi connectivity index (χ2n) is 5.55. The Morgan fingerprint density at radius 2 is 1.73 bits per heavy atom. The van der Waals surface area contributed by atoms with Crippen LogP contribution < -0.4 is 14.8 Å². The Hall–Kier alpha value is -1.17. The van der Waals surface area contributed by atoms with Gasteiger partial charge in [0.25, 0.3) is 0 Å². The largest absolute Gasteiger partial charge is 0.493 e. The summed E-state index contributed by atoms with van der Waals surface area (Å²) in [5, 5.41) is 4.58. The molecule has 0 atom stereocenters. The summed E-state index contributed by atoms with van der Waals surface area (Å²) in [6.45, 7) is 2.72. The summed E-state index contributed by atoms with van der Waals surface area (Å²) >= 11 is 12.3. The van der Waals surface area contributed by atoms with Gasteiger partial charge in [-0.2, -0.15) is 0 Å². The lowest BCUT2D eigenvalue weighted by Crippen LogP contribution is -2.16. The summed E-state index contributed by atoms with van der Waals surface area (Å²) < 4.78 is 16.3. The number of halogens is 3. The van der Waals surface area contributed by atoms with E-state index in [1.54, 1.807) is 14.2 Å². The van der Waals surface area contributed by atoms with E-state index in [1.165, 1.54) is 0 Å². The number of nitrogens with one attached hydrogen (secondary N) is 1. The number of methoxy groups -OCH3 is 2. The van der Waals surface area contributed by atoms with Gasteiger partial charge in [-0.3, -0.25) is 0 Å². The topological polar surface area (TPSA) is 39.7 Å². The van der Waals surface area contributed by atoms with Crippen LogP contribution in [-0.2, 0) is 17.9 Å². The number of hydrogen-bond acceptors (Lipinski definition) is 4. The third-order valence-electron chi connectivity index (χ3n) is 3.62. The summed E-state index contributed by atoms with van der Waals surface area (Å²) in [4.78, 5) is 0. The molecular formula is C19H24Cl3NO3. The monoisotopic (exact) mass is 419 g/mol. The van der Waals surface area contributed by atoms with Gasteiger partial charge < -0.3 is 19.5 Å². The van der Waals surface area contributed by atoms with Gasteiger partial charge in [-0.25, -0.2) is 0 Å². The average Bonchev–Trinajstić information content (AvgIpc) is 2.61. The second kappa shape index (κ2) is 12.3. The first-order valence-corrected chi connectivity index (χ1v) is 8.83. The van der Waals surface area contributed by atoms with Crippen LogP contribution in [0.1, 0.15) is 17.5 Å². The van der Waals surface area contributed by atoms with E-state index in [4.69, 9.17) is 37.4 Å². The number of benzene rings is 2. The maximum absolute atomic E-state index is 6.39. The Kier molecular flexibility index (Phi) is 10.8. The van der Waals surface area contributed by atoms with Crippen molar-refractivity contribution in [3.8, 4) is 11.5 Å². The highest BCUT2D eigenvalue weighted by molar-refractivity contribution is 6.32. The molecule has 0 amide bonds. The van der Waals surface area contributed by atoms with Crippen LogP contribution in [0.4, 0.5) is 0 Å². The maximum atomic E-state index is 6.39. The molecule has 0 aliphatic rings. The molecule has 0 unspecified atom stereocenters. The minimum atomic E-state index is 0. The van der Waals surface area contributed by atoms with E-state index in [0.717, 1.165) is 30.7 Å². The predicted octanol–water partition coefficient (Wildman–Crippen LogP) is 5.13. The summed E-state index contributed by atoms with van der Waals surface area (Å²) in [5.41, 5.74) is 2.05. The third kappa shape index (κ3) is 7.22. The van der Waals surface area contributed by atoms with Crippen LogP contribution in [-0.4, -0.2) is 27.4 Å². The molecule has 0 spiro atoms. The number of ether oxygens (including phenoxy) is 3. The lowest BCUT2D eigenvalue weighted by Gasteiger charge is -2.15. The maximum Gasteiger partial charge on any atom is 0.180 e. The molecule has 0 aliphatic carbocycles. The molecule has 0 aliphatic heterocycles. The van der Waals surface area contributed by atoms with E-state index in [2.05, 4.69) is 5.32 Å². The molecule has 4 nitrogen and oxygen atoms in total. The molecule has 144 valence electrons. The van der Waals surface area contributed by atoms with Crippen molar-refractivity contribution >= 4 is 35.6 Å². The van der Waals surface area contributed by atoms with Gasteiger partial charge in [-0.15, -0.1) is 12.4 Å². The number of rotatable bonds is 10. The van der Waals surface area contributed by atoms with Gasteiger partial charge in [-0.05, 0) is 48.4 Å². The Morgan fingerprint density at radius 3 is 2.38 bits per heavy atom. The average molecular weight is 421 g/mol. The van der Waals surface area contributed by atoms with Crippen molar-refractivity contribution in [2.45, 2.75) is 19.6 Å². The molecule has 0 bridgehead atoms. The first-order chi connectivity index (χ1) is 12.1. The van der Waals surface area contributed by atoms with Crippen LogP contribution >= 0.6 is 35.6 Å². The molecule has 1 N–H and O–H groups in total. The molecule has 2 aromatic carbocycles. The fourth-order valence-electron chi connectivity index (χ4n) is 2.33. The van der Waals surface area contributed by atoms with Crippen molar-refractivity contribution in [1.29, 1.82) is 0 Å². The minimum Gasteiger partial charge on any atom is -0.493 e. The lowest BCUT2D eigenvalue weighted by molar-refractivity contribution is 0.194. The van der Waals surface area contributed by atoms with Crippen molar-refractivity contribution < 1.29 is 14.2 Å². The molecule has 2 rings (SSSR count). The van der Waals surface area contributed by atoms with Gasteiger partial charge >= 0.3 is 0 Å². The molecule has 0 saturated heterocycles. The van der Waals surface area contributed by atoms with E-state index in [0.29, 0.717) is 34.7 Å². The molecule has 0 aromatic heterocycles. The van der Waals surface area contributed by atoms with Gasteiger partial charge in [0.1, 0.15) is 6.61 Å². The summed E-state index contributed by atoms with van der Waals surface area (Å²) in [7, 11) is 3.31. The van der Waals surface area contributed by atoms with Crippen molar-refractivity contribution in [3.05, 3.63) is 57.6 Å². The minimum absolute atomic E-state index is 0. The zero-order chi connectivity index (χ0) is 18.1. The van der Waals surface area contributed by atoms with Gasteiger partial charge in [0, 0.05) is 25.3 Å². The van der Waals surface area contributed by atoms with Crippen molar-refractivity contribution in [2.75, 3.05) is 27.4 Å². The summed E-state index contributed by atoms with van der Waals surface area (Å²) in [6.07, 6.45) is 0.962. The molecule has 0 fully saturated rings. The van der Waals surface area contributed by atoms with Crippen LogP contribution in [0.2, 0.25) is 10.0 Å². The van der Waals surface area contributed by atoms with Crippen molar-refractivity contribution in [3.63, 3.8) is 0 Å². The quantitative estimate of drug-likeness (QED) is 0.541. The first kappa shape index (κ1) is 22.9. The zero-order valence-corrected chi connectivity index (χ0v) is 17.2. The Bertz CT molecular complexity index is 666. The molecule has 7 heteroatoms. The Labute approximate surface area is 171 Å². The van der Waals surface area contributed by atoms with E-state index in [1.807, 2.05) is 36.4 Å². The fourth-order valence-corrected chi connectivity index (χ4v) is 2.74. The Balaban J connectivity index is 0.00000338. The first-order valence-electron chi connectivity index (χ1n) is 8.07. The van der Waals surface area contributed by atoms with Crippen LogP contribution in [0.3, 0.4) is 0 Å². The van der Waals surface area contributed by atoms with Crippen LogP contribution in [0, 0.1) is 0 Å². The molecular weight excluding hydrogens is 397 g/mol. The standard InChI is InChI=1S/C19H23Cl2NO3.ClH/c1-23-9-3-8-22-12-15-10-17(21)19(18(11-15)24-2)25-13-14-4-6-16(20)7-5-14;/h4-7,10-11,22H,3,8-9,12-13H2,1-2H3;1H. The van der Waals surface area contributed by atoms with Crippen molar-refractivity contribution in [2.24, 2.45) is 0 Å². The predicted molar refractivity (Wildman–Crippen MR) is 109 cm³/mol. The van der Waals surface area contributed by atoms with Crippen LogP contribution in [0.5, 0.6) is 11.5 Å². The smallest absolute Gasteiger partial charge is 0.180 e. The molecule has 2 aromatic rings. The fraction of sp³-hybridized carbons (Fsp3) is 0.368.